The van der Waals surface area contributed by atoms with Gasteiger partial charge in [-0.2, -0.15) is 18.4 Å². The first-order valence-corrected chi connectivity index (χ1v) is 13.9. The van der Waals surface area contributed by atoms with Gasteiger partial charge < -0.3 is 31.1 Å². The summed E-state index contributed by atoms with van der Waals surface area (Å²) in [7, 11) is 0. The normalized spacial score (nSPS) is 17.0. The van der Waals surface area contributed by atoms with E-state index in [4.69, 9.17) is 20.9 Å². The molecule has 2 aromatic rings. The van der Waals surface area contributed by atoms with Gasteiger partial charge in [-0.25, -0.2) is 9.78 Å². The average molecular weight is 605 g/mol. The number of carboxylic acids is 1. The Hall–Kier alpha value is -4.22. The van der Waals surface area contributed by atoms with Crippen LogP contribution in [0.15, 0.2) is 30.5 Å². The van der Waals surface area contributed by atoms with Gasteiger partial charge in [0.2, 0.25) is 5.91 Å². The number of aromatic nitrogens is 2. The lowest BCUT2D eigenvalue weighted by Crippen LogP contribution is -2.55. The molecule has 1 atom stereocenters. The number of nitrogens with one attached hydrogen (secondary N) is 2. The van der Waals surface area contributed by atoms with Crippen molar-refractivity contribution in [2.45, 2.75) is 69.5 Å². The predicted molar refractivity (Wildman–Crippen MR) is 151 cm³/mol. The number of carbonyl (C=O) groups excluding carboxylic acids is 2. The summed E-state index contributed by atoms with van der Waals surface area (Å²) in [5.74, 6) is -2.86. The van der Waals surface area contributed by atoms with Gasteiger partial charge in [-0.05, 0) is 81.1 Å². The summed E-state index contributed by atoms with van der Waals surface area (Å²) in [5, 5.41) is 28.3. The maximum Gasteiger partial charge on any atom is 0.490 e. The van der Waals surface area contributed by atoms with Gasteiger partial charge in [0.05, 0.1) is 11.7 Å². The standard InChI is InChI=1S/C27H34N6O3.C2HF3O2/c1-27(29,11-14-34)26(36)33-12-9-18(10-13-33)20-7-8-23(22(15-20)19-5-3-2-4-6-19)32-25(35)24-30-17-21(16-28)31-24;3-2(4,5)1(6)7/h5,7-8,15,17-18,34H,2-4,6,9-14,29H2,1H3,(H,30,31)(H,32,35);(H,6,7). The minimum atomic E-state index is -5.08. The number of aromatic amines is 1. The highest BCUT2D eigenvalue weighted by Gasteiger charge is 2.38. The number of H-pyrrole nitrogens is 1. The number of hydrogen-bond donors (Lipinski definition) is 5. The number of hydrogen-bond acceptors (Lipinski definition) is 7. The first-order chi connectivity index (χ1) is 20.3. The van der Waals surface area contributed by atoms with E-state index in [0.29, 0.717) is 19.0 Å². The highest BCUT2D eigenvalue weighted by Crippen LogP contribution is 2.37. The highest BCUT2D eigenvalue weighted by molar-refractivity contribution is 6.03. The van der Waals surface area contributed by atoms with Crippen molar-refractivity contribution in [3.05, 3.63) is 53.1 Å². The molecule has 1 aromatic heterocycles. The van der Waals surface area contributed by atoms with E-state index in [-0.39, 0.29) is 36.4 Å². The number of alkyl halides is 3. The van der Waals surface area contributed by atoms with Crippen LogP contribution in [0.2, 0.25) is 0 Å². The fourth-order valence-corrected chi connectivity index (χ4v) is 5.06. The van der Waals surface area contributed by atoms with Crippen LogP contribution in [0.4, 0.5) is 18.9 Å². The minimum Gasteiger partial charge on any atom is -0.475 e. The summed E-state index contributed by atoms with van der Waals surface area (Å²) >= 11 is 0. The van der Waals surface area contributed by atoms with E-state index < -0.39 is 17.7 Å². The maximum atomic E-state index is 12.8. The molecular weight excluding hydrogens is 569 g/mol. The Morgan fingerprint density at radius 2 is 1.91 bits per heavy atom. The van der Waals surface area contributed by atoms with Crippen molar-refractivity contribution in [2.75, 3.05) is 25.0 Å². The van der Waals surface area contributed by atoms with E-state index in [1.165, 1.54) is 17.3 Å². The molecule has 232 valence electrons. The SMILES string of the molecule is CC(N)(CCO)C(=O)N1CCC(c2ccc(NC(=O)c3ncc(C#N)[nH]3)c(C3=CCCCC3)c2)CC1.O=C(O)C(F)(F)F. The van der Waals surface area contributed by atoms with Crippen LogP contribution in [-0.2, 0) is 9.59 Å². The number of carbonyl (C=O) groups is 3. The zero-order valence-electron chi connectivity index (χ0n) is 23.7. The number of halogens is 3. The fourth-order valence-electron chi connectivity index (χ4n) is 5.06. The molecule has 6 N–H and O–H groups in total. The third-order valence-electron chi connectivity index (χ3n) is 7.46. The van der Waals surface area contributed by atoms with Crippen LogP contribution >= 0.6 is 0 Å². The van der Waals surface area contributed by atoms with Crippen molar-refractivity contribution in [1.29, 1.82) is 5.26 Å². The molecule has 4 rings (SSSR count). The van der Waals surface area contributed by atoms with E-state index >= 15 is 0 Å². The number of nitrogens with zero attached hydrogens (tertiary/aromatic N) is 3. The van der Waals surface area contributed by atoms with Crippen molar-refractivity contribution in [1.82, 2.24) is 14.9 Å². The zero-order chi connectivity index (χ0) is 31.8. The van der Waals surface area contributed by atoms with E-state index in [1.54, 1.807) is 6.92 Å². The topological polar surface area (TPSA) is 185 Å². The number of nitrogens with two attached hydrogens (primary N) is 1. The van der Waals surface area contributed by atoms with Gasteiger partial charge >= 0.3 is 12.1 Å². The second-order valence-electron chi connectivity index (χ2n) is 10.8. The van der Waals surface area contributed by atoms with Gasteiger partial charge in [-0.1, -0.05) is 12.1 Å². The van der Waals surface area contributed by atoms with Crippen LogP contribution in [0.3, 0.4) is 0 Å². The summed E-state index contributed by atoms with van der Waals surface area (Å²) in [5.41, 5.74) is 9.49. The molecule has 43 heavy (non-hydrogen) atoms. The lowest BCUT2D eigenvalue weighted by molar-refractivity contribution is -0.192. The number of benzene rings is 1. The number of nitriles is 1. The lowest BCUT2D eigenvalue weighted by atomic mass is 9.85. The second-order valence-corrected chi connectivity index (χ2v) is 10.8. The lowest BCUT2D eigenvalue weighted by Gasteiger charge is -2.37. The predicted octanol–water partition coefficient (Wildman–Crippen LogP) is 3.93. The number of aliphatic hydroxyl groups excluding tert-OH is 1. The monoisotopic (exact) mass is 604 g/mol. The number of aliphatic carboxylic acids is 1. The molecule has 1 fully saturated rings. The summed E-state index contributed by atoms with van der Waals surface area (Å²) < 4.78 is 31.7. The van der Waals surface area contributed by atoms with Crippen LogP contribution in [0.25, 0.3) is 5.57 Å². The smallest absolute Gasteiger partial charge is 0.475 e. The molecule has 0 saturated carbocycles. The number of imidazole rings is 1. The van der Waals surface area contributed by atoms with Crippen molar-refractivity contribution < 1.29 is 37.8 Å². The van der Waals surface area contributed by atoms with E-state index in [1.807, 2.05) is 23.1 Å². The fraction of sp³-hybridized carbons (Fsp3) is 0.483. The number of anilines is 1. The molecule has 0 radical (unpaired) electrons. The largest absolute Gasteiger partial charge is 0.490 e. The van der Waals surface area contributed by atoms with Crippen molar-refractivity contribution in [2.24, 2.45) is 5.73 Å². The number of likely N-dealkylation sites (tertiary alicyclic amines) is 1. The van der Waals surface area contributed by atoms with Crippen LogP contribution in [0, 0.1) is 11.3 Å². The average Bonchev–Trinajstić information content (AvgIpc) is 3.47. The van der Waals surface area contributed by atoms with E-state index in [2.05, 4.69) is 27.4 Å². The van der Waals surface area contributed by atoms with Crippen LogP contribution in [0.1, 0.15) is 85.2 Å². The summed E-state index contributed by atoms with van der Waals surface area (Å²) in [6, 6.07) is 8.12. The zero-order valence-corrected chi connectivity index (χ0v) is 23.7. The number of rotatable bonds is 7. The molecule has 1 aromatic carbocycles. The molecule has 2 heterocycles. The molecule has 1 saturated heterocycles. The van der Waals surface area contributed by atoms with E-state index in [9.17, 15) is 27.9 Å². The van der Waals surface area contributed by atoms with Crippen LogP contribution in [0.5, 0.6) is 0 Å². The molecular formula is C29H35F3N6O5. The van der Waals surface area contributed by atoms with Gasteiger partial charge in [0.25, 0.3) is 5.91 Å². The van der Waals surface area contributed by atoms with Crippen molar-refractivity contribution in [3.8, 4) is 6.07 Å². The number of allylic oxidation sites excluding steroid dienone is 2. The number of carboxylic acid groups (broad SMARTS) is 1. The third-order valence-corrected chi connectivity index (χ3v) is 7.46. The van der Waals surface area contributed by atoms with Gasteiger partial charge in [-0.15, -0.1) is 0 Å². The van der Waals surface area contributed by atoms with Gasteiger partial charge in [0, 0.05) is 30.9 Å². The Labute approximate surface area is 246 Å². The first kappa shape index (κ1) is 33.3. The van der Waals surface area contributed by atoms with Crippen LogP contribution in [-0.4, -0.2) is 74.3 Å². The van der Waals surface area contributed by atoms with Gasteiger partial charge in [-0.3, -0.25) is 9.59 Å². The summed E-state index contributed by atoms with van der Waals surface area (Å²) in [4.78, 5) is 43.0. The Morgan fingerprint density at radius 1 is 1.23 bits per heavy atom. The highest BCUT2D eigenvalue weighted by atomic mass is 19.4. The second kappa shape index (κ2) is 14.3. The van der Waals surface area contributed by atoms with Crippen molar-refractivity contribution >= 4 is 29.0 Å². The Bertz CT molecular complexity index is 1390. The summed E-state index contributed by atoms with van der Waals surface area (Å²) in [6.45, 7) is 2.81. The first-order valence-electron chi connectivity index (χ1n) is 13.9. The van der Waals surface area contributed by atoms with Gasteiger partial charge in [0.1, 0.15) is 11.8 Å². The third kappa shape index (κ3) is 8.89. The minimum absolute atomic E-state index is 0.101. The molecule has 1 aliphatic heterocycles. The Morgan fingerprint density at radius 3 is 2.44 bits per heavy atom. The van der Waals surface area contributed by atoms with E-state index in [0.717, 1.165) is 49.8 Å². The molecule has 14 heteroatoms. The van der Waals surface area contributed by atoms with Crippen molar-refractivity contribution in [3.63, 3.8) is 0 Å². The molecule has 0 spiro atoms. The molecule has 1 unspecified atom stereocenters. The quantitative estimate of drug-likeness (QED) is 0.315. The Balaban J connectivity index is 0.000000646. The number of piperidine rings is 1. The number of aliphatic hydroxyl groups is 1. The molecule has 1 aliphatic carbocycles. The molecule has 2 amide bonds. The molecule has 2 aliphatic rings. The number of amides is 2. The van der Waals surface area contributed by atoms with Gasteiger partial charge in [0.15, 0.2) is 5.82 Å². The Kier molecular flexibility index (Phi) is 11.1. The molecule has 11 nitrogen and oxygen atoms in total. The molecule has 0 bridgehead atoms. The summed E-state index contributed by atoms with van der Waals surface area (Å²) in [6.07, 6.45) is 4.66. The maximum absolute atomic E-state index is 12.8. The van der Waals surface area contributed by atoms with Crippen LogP contribution < -0.4 is 11.1 Å².